The molecule has 0 radical (unpaired) electrons. The first-order chi connectivity index (χ1) is 7.20. The van der Waals surface area contributed by atoms with Crippen LogP contribution >= 0.6 is 0 Å². The minimum absolute atomic E-state index is 0.124. The second kappa shape index (κ2) is 4.97. The van der Waals surface area contributed by atoms with Crippen molar-refractivity contribution in [3.63, 3.8) is 0 Å². The molecule has 96 valence electrons. The summed E-state index contributed by atoms with van der Waals surface area (Å²) in [5.41, 5.74) is -0.587. The Labute approximate surface area is 96.4 Å². The maximum Gasteiger partial charge on any atom is 0.209 e. The molecule has 6 nitrogen and oxygen atoms in total. The highest BCUT2D eigenvalue weighted by molar-refractivity contribution is 7.88. The predicted octanol–water partition coefficient (Wildman–Crippen LogP) is -1.34. The van der Waals surface area contributed by atoms with Gasteiger partial charge in [-0.2, -0.15) is 0 Å². The van der Waals surface area contributed by atoms with E-state index < -0.39 is 21.7 Å². The van der Waals surface area contributed by atoms with Crippen LogP contribution in [0.1, 0.15) is 13.8 Å². The first-order valence-electron chi connectivity index (χ1n) is 5.18. The molecule has 1 heterocycles. The molecular weight excluding hydrogens is 232 g/mol. The highest BCUT2D eigenvalue weighted by Crippen LogP contribution is 2.08. The molecule has 0 aromatic rings. The molecule has 0 bridgehead atoms. The summed E-state index contributed by atoms with van der Waals surface area (Å²) in [7, 11) is -3.22. The number of aliphatic hydroxyl groups excluding tert-OH is 1. The SMILES string of the molecule is CC(C)(CNC1COCC1O)NS(C)(=O)=O. The average Bonchev–Trinajstić information content (AvgIpc) is 2.43. The molecule has 2 atom stereocenters. The second-order valence-electron chi connectivity index (χ2n) is 4.85. The van der Waals surface area contributed by atoms with E-state index in [1.54, 1.807) is 13.8 Å². The van der Waals surface area contributed by atoms with Crippen molar-refractivity contribution in [3.8, 4) is 0 Å². The van der Waals surface area contributed by atoms with Gasteiger partial charge in [0.15, 0.2) is 0 Å². The highest BCUT2D eigenvalue weighted by atomic mass is 32.2. The predicted molar refractivity (Wildman–Crippen MR) is 60.7 cm³/mol. The zero-order chi connectivity index (χ0) is 12.4. The van der Waals surface area contributed by atoms with Crippen LogP contribution in [0.3, 0.4) is 0 Å². The van der Waals surface area contributed by atoms with E-state index in [1.807, 2.05) is 0 Å². The molecule has 7 heteroatoms. The van der Waals surface area contributed by atoms with Crippen LogP contribution in [-0.2, 0) is 14.8 Å². The molecule has 1 rings (SSSR count). The summed E-state index contributed by atoms with van der Waals surface area (Å²) in [5.74, 6) is 0. The summed E-state index contributed by atoms with van der Waals surface area (Å²) in [5, 5.41) is 12.6. The third kappa shape index (κ3) is 4.75. The Morgan fingerprint density at radius 2 is 2.06 bits per heavy atom. The van der Waals surface area contributed by atoms with Gasteiger partial charge in [0.1, 0.15) is 0 Å². The molecule has 0 aromatic heterocycles. The van der Waals surface area contributed by atoms with E-state index in [0.717, 1.165) is 6.26 Å². The number of aliphatic hydroxyl groups is 1. The third-order valence-corrected chi connectivity index (χ3v) is 3.24. The van der Waals surface area contributed by atoms with Gasteiger partial charge in [-0.25, -0.2) is 13.1 Å². The van der Waals surface area contributed by atoms with E-state index in [4.69, 9.17) is 4.74 Å². The van der Waals surface area contributed by atoms with Crippen molar-refractivity contribution < 1.29 is 18.3 Å². The van der Waals surface area contributed by atoms with Gasteiger partial charge in [0.05, 0.1) is 31.6 Å². The molecule has 0 aliphatic carbocycles. The van der Waals surface area contributed by atoms with E-state index in [2.05, 4.69) is 10.0 Å². The molecule has 0 aromatic carbocycles. The lowest BCUT2D eigenvalue weighted by Crippen LogP contribution is -2.53. The Morgan fingerprint density at radius 1 is 1.44 bits per heavy atom. The number of nitrogens with one attached hydrogen (secondary N) is 2. The molecule has 16 heavy (non-hydrogen) atoms. The molecule has 1 aliphatic heterocycles. The molecule has 0 spiro atoms. The van der Waals surface area contributed by atoms with Gasteiger partial charge in [-0.1, -0.05) is 0 Å². The zero-order valence-corrected chi connectivity index (χ0v) is 10.7. The van der Waals surface area contributed by atoms with Gasteiger partial charge in [-0.05, 0) is 13.8 Å². The van der Waals surface area contributed by atoms with Gasteiger partial charge in [0.25, 0.3) is 0 Å². The number of sulfonamides is 1. The quantitative estimate of drug-likeness (QED) is 0.564. The summed E-state index contributed by atoms with van der Waals surface area (Å²) < 4.78 is 29.8. The van der Waals surface area contributed by atoms with Crippen LogP contribution in [-0.4, -0.2) is 57.2 Å². The van der Waals surface area contributed by atoms with Gasteiger partial charge < -0.3 is 15.2 Å². The standard InChI is InChI=1S/C9H20N2O4S/c1-9(2,11-16(3,13)14)6-10-7-4-15-5-8(7)12/h7-8,10-12H,4-6H2,1-3H3. The lowest BCUT2D eigenvalue weighted by Gasteiger charge is -2.27. The molecule has 3 N–H and O–H groups in total. The minimum atomic E-state index is -3.22. The van der Waals surface area contributed by atoms with E-state index in [9.17, 15) is 13.5 Å². The van der Waals surface area contributed by atoms with Crippen molar-refractivity contribution in [1.82, 2.24) is 10.0 Å². The lowest BCUT2D eigenvalue weighted by molar-refractivity contribution is 0.122. The van der Waals surface area contributed by atoms with Crippen molar-refractivity contribution in [1.29, 1.82) is 0 Å². The molecule has 0 amide bonds. The second-order valence-corrected chi connectivity index (χ2v) is 6.60. The number of rotatable bonds is 5. The Hall–Kier alpha value is -0.210. The summed E-state index contributed by atoms with van der Waals surface area (Å²) in [6.45, 7) is 4.78. The fraction of sp³-hybridized carbons (Fsp3) is 1.00. The lowest BCUT2D eigenvalue weighted by atomic mass is 10.1. The zero-order valence-electron chi connectivity index (χ0n) is 9.86. The highest BCUT2D eigenvalue weighted by Gasteiger charge is 2.29. The summed E-state index contributed by atoms with van der Waals surface area (Å²) >= 11 is 0. The van der Waals surface area contributed by atoms with Crippen LogP contribution < -0.4 is 10.0 Å². The number of ether oxygens (including phenoxy) is 1. The van der Waals surface area contributed by atoms with E-state index in [0.29, 0.717) is 19.8 Å². The van der Waals surface area contributed by atoms with Crippen LogP contribution in [0.25, 0.3) is 0 Å². The fourth-order valence-corrected chi connectivity index (χ4v) is 2.74. The molecule has 2 unspecified atom stereocenters. The monoisotopic (exact) mass is 252 g/mol. The topological polar surface area (TPSA) is 87.7 Å². The van der Waals surface area contributed by atoms with Gasteiger partial charge >= 0.3 is 0 Å². The van der Waals surface area contributed by atoms with Crippen molar-refractivity contribution in [3.05, 3.63) is 0 Å². The van der Waals surface area contributed by atoms with E-state index in [1.165, 1.54) is 0 Å². The molecule has 1 saturated heterocycles. The Kier molecular flexibility index (Phi) is 4.30. The summed E-state index contributed by atoms with van der Waals surface area (Å²) in [6.07, 6.45) is 0.608. The van der Waals surface area contributed by atoms with Crippen LogP contribution in [0.5, 0.6) is 0 Å². The fourth-order valence-electron chi connectivity index (χ4n) is 1.66. The Morgan fingerprint density at radius 3 is 2.50 bits per heavy atom. The Balaban J connectivity index is 2.41. The normalized spacial score (nSPS) is 27.2. The minimum Gasteiger partial charge on any atom is -0.389 e. The third-order valence-electron chi connectivity index (χ3n) is 2.32. The van der Waals surface area contributed by atoms with Gasteiger partial charge in [0, 0.05) is 12.1 Å². The van der Waals surface area contributed by atoms with Crippen molar-refractivity contribution in [2.24, 2.45) is 0 Å². The maximum absolute atomic E-state index is 11.1. The van der Waals surface area contributed by atoms with Gasteiger partial charge in [-0.15, -0.1) is 0 Å². The van der Waals surface area contributed by atoms with Crippen LogP contribution in [0.15, 0.2) is 0 Å². The Bertz CT molecular complexity index is 328. The van der Waals surface area contributed by atoms with Crippen LogP contribution in [0.2, 0.25) is 0 Å². The number of hydrogen-bond donors (Lipinski definition) is 3. The van der Waals surface area contributed by atoms with E-state index >= 15 is 0 Å². The summed E-state index contributed by atoms with van der Waals surface area (Å²) in [6, 6.07) is -0.124. The largest absolute Gasteiger partial charge is 0.389 e. The van der Waals surface area contributed by atoms with Gasteiger partial charge in [0.2, 0.25) is 10.0 Å². The average molecular weight is 252 g/mol. The first-order valence-corrected chi connectivity index (χ1v) is 7.07. The van der Waals surface area contributed by atoms with Crippen molar-refractivity contribution >= 4 is 10.0 Å². The van der Waals surface area contributed by atoms with E-state index in [-0.39, 0.29) is 6.04 Å². The van der Waals surface area contributed by atoms with Crippen LogP contribution in [0.4, 0.5) is 0 Å². The molecule has 1 aliphatic rings. The first kappa shape index (κ1) is 13.9. The van der Waals surface area contributed by atoms with Crippen molar-refractivity contribution in [2.75, 3.05) is 26.0 Å². The molecular formula is C9H20N2O4S. The van der Waals surface area contributed by atoms with Crippen molar-refractivity contribution in [2.45, 2.75) is 31.5 Å². The number of hydrogen-bond acceptors (Lipinski definition) is 5. The maximum atomic E-state index is 11.1. The molecule has 1 fully saturated rings. The van der Waals surface area contributed by atoms with Gasteiger partial charge in [-0.3, -0.25) is 0 Å². The smallest absolute Gasteiger partial charge is 0.209 e. The van der Waals surface area contributed by atoms with Crippen LogP contribution in [0, 0.1) is 0 Å². The summed E-state index contributed by atoms with van der Waals surface area (Å²) in [4.78, 5) is 0. The molecule has 0 saturated carbocycles.